The highest BCUT2D eigenvalue weighted by Gasteiger charge is 2.36. The Morgan fingerprint density at radius 1 is 1.12 bits per heavy atom. The number of hydrogen-bond donors (Lipinski definition) is 4. The van der Waals surface area contributed by atoms with Crippen molar-refractivity contribution in [1.82, 2.24) is 20.9 Å². The Morgan fingerprint density at radius 2 is 1.96 bits per heavy atom. The van der Waals surface area contributed by atoms with Crippen LogP contribution in [0.15, 0.2) is 67.1 Å². The highest BCUT2D eigenvalue weighted by molar-refractivity contribution is 5.73. The molecule has 3 atom stereocenters. The summed E-state index contributed by atoms with van der Waals surface area (Å²) in [4.78, 5) is 26.1. The van der Waals surface area contributed by atoms with Gasteiger partial charge in [-0.05, 0) is 106 Å². The number of piperidine rings is 1. The molecular weight excluding hydrogens is 613 g/mol. The molecule has 3 aromatic carbocycles. The van der Waals surface area contributed by atoms with Gasteiger partial charge in [0, 0.05) is 36.2 Å². The van der Waals surface area contributed by atoms with Gasteiger partial charge in [0.05, 0.1) is 6.61 Å². The Balaban J connectivity index is 1.17. The molecule has 1 saturated heterocycles. The summed E-state index contributed by atoms with van der Waals surface area (Å²) in [6, 6.07) is 14.5. The van der Waals surface area contributed by atoms with Crippen LogP contribution in [0, 0.1) is 32.5 Å². The molecule has 0 aromatic heterocycles. The average Bonchev–Trinajstić information content (AvgIpc) is 3.06. The van der Waals surface area contributed by atoms with Crippen molar-refractivity contribution in [1.29, 1.82) is 0 Å². The Kier molecular flexibility index (Phi) is 10.1. The number of carbonyl (C=O) groups is 1. The largest absolute Gasteiger partial charge is 0.490 e. The molecule has 3 heterocycles. The summed E-state index contributed by atoms with van der Waals surface area (Å²) in [5.41, 5.74) is 4.02. The van der Waals surface area contributed by atoms with Crippen LogP contribution < -0.4 is 35.6 Å². The van der Waals surface area contributed by atoms with Gasteiger partial charge in [-0.2, -0.15) is 0 Å². The van der Waals surface area contributed by atoms with E-state index in [0.717, 1.165) is 60.3 Å². The zero-order valence-corrected chi connectivity index (χ0v) is 27.9. The summed E-state index contributed by atoms with van der Waals surface area (Å²) >= 11 is 0. The third kappa shape index (κ3) is 8.03. The highest BCUT2D eigenvalue weighted by atomic mass is 19.1. The van der Waals surface area contributed by atoms with Gasteiger partial charge in [0.25, 0.3) is 0 Å². The van der Waals surface area contributed by atoms with E-state index in [9.17, 15) is 4.79 Å². The predicted octanol–water partition coefficient (Wildman–Crippen LogP) is 6.29. The van der Waals surface area contributed by atoms with Crippen LogP contribution in [0.2, 0.25) is 0 Å². The fraction of sp³-hybridized carbons (Fsp3) is 0.378. The molecule has 3 unspecified atom stereocenters. The molecule has 254 valence electrons. The van der Waals surface area contributed by atoms with Gasteiger partial charge in [-0.25, -0.2) is 9.18 Å². The molecular formula is C37H44FN5O5. The number of anilines is 1. The average molecular weight is 658 g/mol. The lowest BCUT2D eigenvalue weighted by Crippen LogP contribution is -2.68. The second-order valence-electron chi connectivity index (χ2n) is 12.8. The first-order valence-corrected chi connectivity index (χ1v) is 16.5. The molecule has 0 radical (unpaired) electrons. The first-order chi connectivity index (χ1) is 23.2. The summed E-state index contributed by atoms with van der Waals surface area (Å²) < 4.78 is 27.0. The van der Waals surface area contributed by atoms with E-state index in [0.29, 0.717) is 36.1 Å². The number of amides is 1. The third-order valence-corrected chi connectivity index (χ3v) is 8.92. The molecule has 3 aliphatic rings. The Morgan fingerprint density at radius 3 is 2.75 bits per heavy atom. The molecule has 48 heavy (non-hydrogen) atoms. The van der Waals surface area contributed by atoms with Crippen LogP contribution in [0.3, 0.4) is 0 Å². The molecule has 0 aliphatic carbocycles. The molecule has 3 aromatic rings. The minimum Gasteiger partial charge on any atom is -0.490 e. The number of aryl methyl sites for hydroxylation is 3. The van der Waals surface area contributed by atoms with E-state index in [2.05, 4.69) is 33.1 Å². The van der Waals surface area contributed by atoms with Crippen molar-refractivity contribution in [2.75, 3.05) is 31.6 Å². The van der Waals surface area contributed by atoms with Crippen LogP contribution in [-0.4, -0.2) is 49.2 Å². The maximum atomic E-state index is 15.2. The second kappa shape index (κ2) is 14.6. The van der Waals surface area contributed by atoms with Crippen LogP contribution in [0.4, 0.5) is 14.9 Å². The molecule has 0 saturated carbocycles. The van der Waals surface area contributed by atoms with E-state index < -0.39 is 23.9 Å². The van der Waals surface area contributed by atoms with Crippen LogP contribution in [0.1, 0.15) is 47.6 Å². The SMILES string of the molecule is CCN1CCCC(COc2ccc(NC3NC=CC(Cc4ccc5c(c4)C=COO5)(NC(=O)Oc4c(C)cc(C)cc4C)N3)cc2F)C1. The lowest BCUT2D eigenvalue weighted by atomic mass is 9.96. The Hall–Kier alpha value is -4.74. The number of likely N-dealkylation sites (tertiary alicyclic amines) is 1. The van der Waals surface area contributed by atoms with E-state index in [-0.39, 0.29) is 5.75 Å². The van der Waals surface area contributed by atoms with Gasteiger partial charge in [0.15, 0.2) is 23.6 Å². The number of halogens is 1. The molecule has 1 amide bonds. The maximum absolute atomic E-state index is 15.2. The van der Waals surface area contributed by atoms with Gasteiger partial charge >= 0.3 is 6.09 Å². The van der Waals surface area contributed by atoms with Gasteiger partial charge in [0.1, 0.15) is 17.7 Å². The number of fused-ring (bicyclic) bond motifs is 1. The highest BCUT2D eigenvalue weighted by Crippen LogP contribution is 2.29. The van der Waals surface area contributed by atoms with E-state index >= 15 is 4.39 Å². The van der Waals surface area contributed by atoms with Crippen molar-refractivity contribution in [3.8, 4) is 17.2 Å². The van der Waals surface area contributed by atoms with E-state index in [4.69, 9.17) is 19.2 Å². The number of carbonyl (C=O) groups excluding carboxylic acids is 1. The van der Waals surface area contributed by atoms with Gasteiger partial charge in [-0.3, -0.25) is 20.4 Å². The van der Waals surface area contributed by atoms with Crippen molar-refractivity contribution in [3.05, 3.63) is 101 Å². The van der Waals surface area contributed by atoms with Crippen molar-refractivity contribution in [3.63, 3.8) is 0 Å². The number of nitrogens with one attached hydrogen (secondary N) is 4. The third-order valence-electron chi connectivity index (χ3n) is 8.92. The van der Waals surface area contributed by atoms with Crippen LogP contribution in [-0.2, 0) is 11.3 Å². The maximum Gasteiger partial charge on any atom is 0.414 e. The normalized spacial score (nSPS) is 21.7. The lowest BCUT2D eigenvalue weighted by Gasteiger charge is -2.40. The monoisotopic (exact) mass is 657 g/mol. The van der Waals surface area contributed by atoms with E-state index in [1.54, 1.807) is 18.3 Å². The number of benzene rings is 3. The minimum atomic E-state index is -1.09. The minimum absolute atomic E-state index is 0.231. The molecule has 10 nitrogen and oxygen atoms in total. The van der Waals surface area contributed by atoms with E-state index in [1.807, 2.05) is 63.3 Å². The lowest BCUT2D eigenvalue weighted by molar-refractivity contribution is -0.151. The van der Waals surface area contributed by atoms with Crippen LogP contribution >= 0.6 is 0 Å². The number of nitrogens with zero attached hydrogens (tertiary/aromatic N) is 1. The van der Waals surface area contributed by atoms with Crippen molar-refractivity contribution >= 4 is 17.9 Å². The fourth-order valence-corrected chi connectivity index (χ4v) is 6.64. The molecule has 4 N–H and O–H groups in total. The van der Waals surface area contributed by atoms with Crippen LogP contribution in [0.5, 0.6) is 17.2 Å². The molecule has 0 spiro atoms. The summed E-state index contributed by atoms with van der Waals surface area (Å²) in [6.07, 6.45) is 8.24. The van der Waals surface area contributed by atoms with Crippen molar-refractivity contribution in [2.24, 2.45) is 5.92 Å². The van der Waals surface area contributed by atoms with Gasteiger partial charge < -0.3 is 25.0 Å². The summed E-state index contributed by atoms with van der Waals surface area (Å²) in [5, 5.41) is 13.0. The van der Waals surface area contributed by atoms with Gasteiger partial charge in [-0.15, -0.1) is 0 Å². The smallest absolute Gasteiger partial charge is 0.414 e. The molecule has 1 fully saturated rings. The van der Waals surface area contributed by atoms with Gasteiger partial charge in [-0.1, -0.05) is 30.7 Å². The van der Waals surface area contributed by atoms with Crippen molar-refractivity contribution in [2.45, 2.75) is 58.9 Å². The topological polar surface area (TPSA) is 105 Å². The first kappa shape index (κ1) is 33.2. The zero-order chi connectivity index (χ0) is 33.7. The predicted molar refractivity (Wildman–Crippen MR) is 183 cm³/mol. The standard InChI is InChI=1S/C37H44FN5O5/c1-5-43-15-6-7-28(22-43)23-45-33-11-9-30(20-31(33)38)40-35-39-14-13-37(41-35,21-27-8-10-32-29(19-27)12-16-46-48-32)42-36(44)47-34-25(3)17-24(2)18-26(34)4/h8-14,16-20,28,35,39-41H,5-7,15,21-23H2,1-4H3,(H,42,44). The molecule has 3 aliphatic heterocycles. The van der Waals surface area contributed by atoms with Crippen molar-refractivity contribution < 1.29 is 28.4 Å². The number of hydrogen-bond acceptors (Lipinski definition) is 9. The summed E-state index contributed by atoms with van der Waals surface area (Å²) in [7, 11) is 0. The fourth-order valence-electron chi connectivity index (χ4n) is 6.64. The quantitative estimate of drug-likeness (QED) is 0.187. The van der Waals surface area contributed by atoms with E-state index in [1.165, 1.54) is 12.3 Å². The number of rotatable bonds is 10. The first-order valence-electron chi connectivity index (χ1n) is 16.5. The summed E-state index contributed by atoms with van der Waals surface area (Å²) in [5.74, 6) is 1.28. The number of ether oxygens (including phenoxy) is 2. The molecule has 6 rings (SSSR count). The molecule has 11 heteroatoms. The Bertz CT molecular complexity index is 1670. The Labute approximate surface area is 281 Å². The van der Waals surface area contributed by atoms with Gasteiger partial charge in [0.2, 0.25) is 0 Å². The zero-order valence-electron chi connectivity index (χ0n) is 27.9. The second-order valence-corrected chi connectivity index (χ2v) is 12.8. The molecule has 0 bridgehead atoms. The van der Waals surface area contributed by atoms with Crippen LogP contribution in [0.25, 0.3) is 6.08 Å². The summed E-state index contributed by atoms with van der Waals surface area (Å²) in [6.45, 7) is 11.6.